The van der Waals surface area contributed by atoms with Crippen LogP contribution in [0.5, 0.6) is 11.5 Å². The van der Waals surface area contributed by atoms with Gasteiger partial charge in [0.15, 0.2) is 0 Å². The summed E-state index contributed by atoms with van der Waals surface area (Å²) < 4.78 is 52.0. The third-order valence-corrected chi connectivity index (χ3v) is 7.46. The lowest BCUT2D eigenvalue weighted by Crippen LogP contribution is -2.38. The van der Waals surface area contributed by atoms with Crippen LogP contribution in [0.25, 0.3) is 0 Å². The molecule has 3 aliphatic heterocycles. The molecular weight excluding hydrogens is 511 g/mol. The van der Waals surface area contributed by atoms with E-state index in [1.54, 1.807) is 24.3 Å². The molecule has 2 atom stereocenters. The molecule has 0 bridgehead atoms. The van der Waals surface area contributed by atoms with E-state index in [1.165, 1.54) is 6.92 Å². The number of carboxylic acids is 1. The number of hydrogen-bond acceptors (Lipinski definition) is 6. The zero-order chi connectivity index (χ0) is 26.3. The van der Waals surface area contributed by atoms with E-state index in [0.717, 1.165) is 54.4 Å². The average molecular weight is 538 g/mol. The van der Waals surface area contributed by atoms with E-state index in [1.807, 2.05) is 12.1 Å². The number of anilines is 2. The molecule has 5 rings (SSSR count). The summed E-state index contributed by atoms with van der Waals surface area (Å²) in [5.41, 5.74) is 1.50. The Hall–Kier alpha value is -3.14. The summed E-state index contributed by atoms with van der Waals surface area (Å²) in [5.74, 6) is -0.765. The van der Waals surface area contributed by atoms with E-state index < -0.39 is 36.2 Å². The van der Waals surface area contributed by atoms with Crippen molar-refractivity contribution in [3.05, 3.63) is 47.0 Å². The molecule has 2 unspecified atom stereocenters. The highest BCUT2D eigenvalue weighted by Crippen LogP contribution is 2.39. The molecule has 3 heterocycles. The van der Waals surface area contributed by atoms with Crippen molar-refractivity contribution in [3.63, 3.8) is 0 Å². The average Bonchev–Trinajstić information content (AvgIpc) is 3.43. The molecule has 2 aromatic carbocycles. The van der Waals surface area contributed by atoms with Crippen LogP contribution >= 0.6 is 11.6 Å². The van der Waals surface area contributed by atoms with Crippen LogP contribution in [-0.2, 0) is 11.2 Å². The summed E-state index contributed by atoms with van der Waals surface area (Å²) in [7, 11) is 0. The maximum absolute atomic E-state index is 13.4. The second-order valence-electron chi connectivity index (χ2n) is 9.59. The minimum absolute atomic E-state index is 0.0204. The van der Waals surface area contributed by atoms with Gasteiger partial charge < -0.3 is 19.5 Å². The summed E-state index contributed by atoms with van der Waals surface area (Å²) in [6.45, 7) is 3.56. The minimum Gasteiger partial charge on any atom is -0.493 e. The van der Waals surface area contributed by atoms with Gasteiger partial charge in [-0.15, -0.1) is 0 Å². The van der Waals surface area contributed by atoms with Gasteiger partial charge in [0, 0.05) is 44.3 Å². The largest absolute Gasteiger partial charge is 0.493 e. The lowest BCUT2D eigenvalue weighted by atomic mass is 9.94. The third kappa shape index (κ3) is 5.30. The molecule has 0 aliphatic carbocycles. The number of rotatable bonds is 6. The summed E-state index contributed by atoms with van der Waals surface area (Å²) in [5, 5.41) is 14.9. The first-order chi connectivity index (χ1) is 17.6. The SMILES string of the molecule is CC1C(C(F)(F)F)=NN(c2ccc(OC3CCN(c4cc5c(cc4Cl)CCO5)CC3)cc2)C1CC(=O)O. The highest BCUT2D eigenvalue weighted by atomic mass is 35.5. The van der Waals surface area contributed by atoms with Crippen LogP contribution in [0.1, 0.15) is 31.7 Å². The Bertz CT molecular complexity index is 1200. The van der Waals surface area contributed by atoms with E-state index >= 15 is 0 Å². The summed E-state index contributed by atoms with van der Waals surface area (Å²) in [6.07, 6.45) is -2.68. The van der Waals surface area contributed by atoms with Crippen molar-refractivity contribution in [2.24, 2.45) is 11.0 Å². The maximum Gasteiger partial charge on any atom is 0.431 e. The third-order valence-electron chi connectivity index (χ3n) is 7.16. The number of nitrogens with zero attached hydrogens (tertiary/aromatic N) is 3. The van der Waals surface area contributed by atoms with E-state index in [0.29, 0.717) is 23.1 Å². The van der Waals surface area contributed by atoms with Crippen molar-refractivity contribution in [2.75, 3.05) is 29.6 Å². The van der Waals surface area contributed by atoms with E-state index in [2.05, 4.69) is 10.0 Å². The van der Waals surface area contributed by atoms with Crippen molar-refractivity contribution in [3.8, 4) is 11.5 Å². The molecule has 198 valence electrons. The predicted molar refractivity (Wildman–Crippen MR) is 134 cm³/mol. The first-order valence-electron chi connectivity index (χ1n) is 12.2. The molecule has 1 N–H and O–H groups in total. The fourth-order valence-corrected chi connectivity index (χ4v) is 5.50. The monoisotopic (exact) mass is 537 g/mol. The Kier molecular flexibility index (Phi) is 6.87. The summed E-state index contributed by atoms with van der Waals surface area (Å²) in [6, 6.07) is 9.64. The van der Waals surface area contributed by atoms with E-state index in [9.17, 15) is 23.1 Å². The Morgan fingerprint density at radius 2 is 1.92 bits per heavy atom. The molecule has 0 amide bonds. The van der Waals surface area contributed by atoms with Gasteiger partial charge in [-0.2, -0.15) is 18.3 Å². The van der Waals surface area contributed by atoms with Crippen molar-refractivity contribution < 1.29 is 32.5 Å². The molecule has 0 aromatic heterocycles. The molecule has 0 saturated carbocycles. The van der Waals surface area contributed by atoms with Crippen LogP contribution in [0.3, 0.4) is 0 Å². The Morgan fingerprint density at radius 1 is 1.22 bits per heavy atom. The first-order valence-corrected chi connectivity index (χ1v) is 12.6. The first kappa shape index (κ1) is 25.5. The molecule has 1 fully saturated rings. The highest BCUT2D eigenvalue weighted by Gasteiger charge is 2.48. The molecule has 0 spiro atoms. The molecule has 37 heavy (non-hydrogen) atoms. The fourth-order valence-electron chi connectivity index (χ4n) is 5.19. The van der Waals surface area contributed by atoms with Gasteiger partial charge in [0.2, 0.25) is 0 Å². The maximum atomic E-state index is 13.4. The predicted octanol–water partition coefficient (Wildman–Crippen LogP) is 5.54. The number of piperidine rings is 1. The normalized spacial score (nSPS) is 22.0. The zero-order valence-electron chi connectivity index (χ0n) is 20.2. The van der Waals surface area contributed by atoms with Gasteiger partial charge in [-0.3, -0.25) is 9.80 Å². The van der Waals surface area contributed by atoms with E-state index in [-0.39, 0.29) is 6.10 Å². The number of carboxylic acid groups (broad SMARTS) is 1. The van der Waals surface area contributed by atoms with E-state index in [4.69, 9.17) is 21.1 Å². The van der Waals surface area contributed by atoms with Crippen LogP contribution in [0.4, 0.5) is 24.5 Å². The summed E-state index contributed by atoms with van der Waals surface area (Å²) in [4.78, 5) is 13.5. The topological polar surface area (TPSA) is 74.6 Å². The van der Waals surface area contributed by atoms with Gasteiger partial charge in [0.1, 0.15) is 23.3 Å². The number of hydrogen-bond donors (Lipinski definition) is 1. The number of aliphatic carboxylic acids is 1. The minimum atomic E-state index is -4.63. The standard InChI is InChI=1S/C26H27ClF3N3O4/c1-15-21(14-24(34)35)33(31-25(15)26(28,29)30)17-2-4-18(5-3-17)37-19-6-9-32(10-7-19)22-13-23-16(8-11-36-23)12-20(22)27/h2-5,12-13,15,19,21H,6-11,14H2,1H3,(H,34,35). The molecule has 3 aliphatic rings. The quantitative estimate of drug-likeness (QED) is 0.521. The lowest BCUT2D eigenvalue weighted by molar-refractivity contribution is -0.137. The van der Waals surface area contributed by atoms with Crippen molar-refractivity contribution in [1.82, 2.24) is 0 Å². The number of carbonyl (C=O) groups is 1. The lowest BCUT2D eigenvalue weighted by Gasteiger charge is -2.34. The Morgan fingerprint density at radius 3 is 2.57 bits per heavy atom. The second-order valence-corrected chi connectivity index (χ2v) is 10.00. The van der Waals surface area contributed by atoms with Crippen LogP contribution in [0, 0.1) is 5.92 Å². The molecular formula is C26H27ClF3N3O4. The van der Waals surface area contributed by atoms with Crippen molar-refractivity contribution in [1.29, 1.82) is 0 Å². The van der Waals surface area contributed by atoms with Crippen LogP contribution in [0.2, 0.25) is 5.02 Å². The van der Waals surface area contributed by atoms with Gasteiger partial charge in [0.25, 0.3) is 0 Å². The van der Waals surface area contributed by atoms with Crippen molar-refractivity contribution >= 4 is 34.7 Å². The van der Waals surface area contributed by atoms with Crippen LogP contribution < -0.4 is 19.4 Å². The number of benzene rings is 2. The van der Waals surface area contributed by atoms with Crippen LogP contribution in [0.15, 0.2) is 41.5 Å². The zero-order valence-corrected chi connectivity index (χ0v) is 20.9. The second kappa shape index (κ2) is 9.96. The summed E-state index contributed by atoms with van der Waals surface area (Å²) >= 11 is 6.52. The van der Waals surface area contributed by atoms with Gasteiger partial charge in [-0.1, -0.05) is 18.5 Å². The highest BCUT2D eigenvalue weighted by molar-refractivity contribution is 6.33. The molecule has 0 radical (unpaired) electrons. The number of alkyl halides is 3. The Labute approximate surface area is 217 Å². The fraction of sp³-hybridized carbons (Fsp3) is 0.462. The van der Waals surface area contributed by atoms with Gasteiger partial charge in [-0.05, 0) is 35.9 Å². The van der Waals surface area contributed by atoms with Crippen LogP contribution in [-0.4, -0.2) is 54.8 Å². The van der Waals surface area contributed by atoms with Crippen molar-refractivity contribution in [2.45, 2.75) is 50.9 Å². The number of halogens is 4. The molecule has 1 saturated heterocycles. The van der Waals surface area contributed by atoms with Gasteiger partial charge in [-0.25, -0.2) is 0 Å². The Balaban J connectivity index is 1.22. The number of ether oxygens (including phenoxy) is 2. The van der Waals surface area contributed by atoms with Gasteiger partial charge >= 0.3 is 12.1 Å². The molecule has 2 aromatic rings. The molecule has 11 heteroatoms. The van der Waals surface area contributed by atoms with Gasteiger partial charge in [0.05, 0.1) is 35.5 Å². The smallest absolute Gasteiger partial charge is 0.431 e. The number of fused-ring (bicyclic) bond motifs is 1. The molecule has 7 nitrogen and oxygen atoms in total. The number of hydrazone groups is 1.